The second kappa shape index (κ2) is 9.04. The van der Waals surface area contributed by atoms with Gasteiger partial charge in [-0.2, -0.15) is 4.98 Å². The van der Waals surface area contributed by atoms with E-state index < -0.39 is 0 Å². The van der Waals surface area contributed by atoms with Crippen LogP contribution in [0.1, 0.15) is 6.92 Å². The summed E-state index contributed by atoms with van der Waals surface area (Å²) in [4.78, 5) is 11.6. The van der Waals surface area contributed by atoms with Crippen molar-refractivity contribution >= 4 is 34.0 Å². The Bertz CT molecular complexity index is 1000. The van der Waals surface area contributed by atoms with Crippen LogP contribution >= 0.6 is 0 Å². The molecule has 30 heavy (non-hydrogen) atoms. The summed E-state index contributed by atoms with van der Waals surface area (Å²) in [6, 6.07) is 12.1. The normalized spacial score (nSPS) is 13.9. The number of benzene rings is 2. The Labute approximate surface area is 176 Å². The van der Waals surface area contributed by atoms with Crippen LogP contribution in [0.2, 0.25) is 0 Å². The van der Waals surface area contributed by atoms with E-state index in [4.69, 9.17) is 14.2 Å². The van der Waals surface area contributed by atoms with E-state index in [1.807, 2.05) is 19.1 Å². The third-order valence-corrected chi connectivity index (χ3v) is 5.04. The number of anilines is 4. The Morgan fingerprint density at radius 1 is 1.00 bits per heavy atom. The maximum absolute atomic E-state index is 5.47. The first-order valence-corrected chi connectivity index (χ1v) is 10.1. The lowest BCUT2D eigenvalue weighted by Gasteiger charge is -2.29. The fourth-order valence-corrected chi connectivity index (χ4v) is 3.50. The minimum atomic E-state index is 0.560. The van der Waals surface area contributed by atoms with Crippen LogP contribution in [0.3, 0.4) is 0 Å². The molecule has 0 amide bonds. The Morgan fingerprint density at radius 3 is 2.37 bits per heavy atom. The molecular weight excluding hydrogens is 382 g/mol. The molecule has 1 aliphatic rings. The van der Waals surface area contributed by atoms with Gasteiger partial charge in [0.1, 0.15) is 5.82 Å². The van der Waals surface area contributed by atoms with Crippen molar-refractivity contribution in [2.75, 3.05) is 62.6 Å². The summed E-state index contributed by atoms with van der Waals surface area (Å²) in [5.41, 5.74) is 2.91. The van der Waals surface area contributed by atoms with Crippen LogP contribution < -0.4 is 25.0 Å². The van der Waals surface area contributed by atoms with E-state index in [0.717, 1.165) is 49.4 Å². The summed E-state index contributed by atoms with van der Waals surface area (Å²) in [6.45, 7) is 6.11. The number of ether oxygens (including phenoxy) is 3. The van der Waals surface area contributed by atoms with Gasteiger partial charge >= 0.3 is 0 Å². The van der Waals surface area contributed by atoms with Crippen molar-refractivity contribution in [2.24, 2.45) is 0 Å². The molecule has 8 nitrogen and oxygen atoms in total. The minimum Gasteiger partial charge on any atom is -0.493 e. The molecule has 0 saturated carbocycles. The van der Waals surface area contributed by atoms with Crippen molar-refractivity contribution in [3.05, 3.63) is 36.4 Å². The maximum Gasteiger partial charge on any atom is 0.225 e. The van der Waals surface area contributed by atoms with E-state index in [9.17, 15) is 0 Å². The third-order valence-electron chi connectivity index (χ3n) is 5.04. The number of hydrogen-bond acceptors (Lipinski definition) is 8. The van der Waals surface area contributed by atoms with E-state index in [-0.39, 0.29) is 0 Å². The summed E-state index contributed by atoms with van der Waals surface area (Å²) in [7, 11) is 3.24. The van der Waals surface area contributed by atoms with E-state index in [0.29, 0.717) is 23.3 Å². The highest BCUT2D eigenvalue weighted by Crippen LogP contribution is 2.35. The number of hydrogen-bond donors (Lipinski definition) is 2. The Morgan fingerprint density at radius 2 is 1.70 bits per heavy atom. The van der Waals surface area contributed by atoms with E-state index in [2.05, 4.69) is 49.8 Å². The van der Waals surface area contributed by atoms with Gasteiger partial charge in [-0.15, -0.1) is 0 Å². The maximum atomic E-state index is 5.47. The molecule has 0 spiro atoms. The summed E-state index contributed by atoms with van der Waals surface area (Å²) in [5.74, 6) is 2.53. The molecule has 1 fully saturated rings. The van der Waals surface area contributed by atoms with Gasteiger partial charge in [0.15, 0.2) is 11.5 Å². The Kier molecular flexibility index (Phi) is 6.04. The smallest absolute Gasteiger partial charge is 0.225 e. The van der Waals surface area contributed by atoms with Gasteiger partial charge in [0.25, 0.3) is 0 Å². The Balaban J connectivity index is 1.67. The van der Waals surface area contributed by atoms with E-state index in [1.165, 1.54) is 5.69 Å². The number of aromatic nitrogens is 2. The summed E-state index contributed by atoms with van der Waals surface area (Å²) in [6.07, 6.45) is 0. The number of methoxy groups -OCH3 is 2. The van der Waals surface area contributed by atoms with Gasteiger partial charge in [0.2, 0.25) is 5.95 Å². The average Bonchev–Trinajstić information content (AvgIpc) is 2.79. The van der Waals surface area contributed by atoms with Crippen LogP contribution in [0.15, 0.2) is 36.4 Å². The molecule has 0 aliphatic carbocycles. The summed E-state index contributed by atoms with van der Waals surface area (Å²) in [5, 5.41) is 7.48. The third kappa shape index (κ3) is 4.18. The lowest BCUT2D eigenvalue weighted by Crippen LogP contribution is -2.36. The lowest BCUT2D eigenvalue weighted by molar-refractivity contribution is 0.122. The SMILES string of the molecule is CCNc1nc(Nc2ccc(N3CCOCC3)cc2)c2cc(OC)c(OC)cc2n1. The van der Waals surface area contributed by atoms with Crippen LogP contribution in [-0.2, 0) is 4.74 Å². The number of fused-ring (bicyclic) bond motifs is 1. The molecule has 8 heteroatoms. The number of rotatable bonds is 7. The van der Waals surface area contributed by atoms with Gasteiger partial charge < -0.3 is 29.7 Å². The second-order valence-corrected chi connectivity index (χ2v) is 6.92. The zero-order valence-corrected chi connectivity index (χ0v) is 17.6. The van der Waals surface area contributed by atoms with Crippen molar-refractivity contribution in [3.8, 4) is 11.5 Å². The number of nitrogens with one attached hydrogen (secondary N) is 2. The predicted octanol–water partition coefficient (Wildman–Crippen LogP) is 3.66. The molecule has 4 rings (SSSR count). The number of nitrogens with zero attached hydrogens (tertiary/aromatic N) is 3. The first-order valence-electron chi connectivity index (χ1n) is 10.1. The van der Waals surface area contributed by atoms with Gasteiger partial charge in [-0.05, 0) is 37.3 Å². The van der Waals surface area contributed by atoms with Crippen LogP contribution in [0.4, 0.5) is 23.1 Å². The molecule has 0 unspecified atom stereocenters. The average molecular weight is 409 g/mol. The van der Waals surface area contributed by atoms with Crippen molar-refractivity contribution in [3.63, 3.8) is 0 Å². The molecule has 3 aromatic rings. The van der Waals surface area contributed by atoms with Crippen LogP contribution in [0, 0.1) is 0 Å². The lowest BCUT2D eigenvalue weighted by atomic mass is 10.2. The van der Waals surface area contributed by atoms with Crippen LogP contribution in [-0.4, -0.2) is 57.0 Å². The first kappa shape index (κ1) is 20.0. The van der Waals surface area contributed by atoms with Gasteiger partial charge in [0.05, 0.1) is 33.0 Å². The van der Waals surface area contributed by atoms with E-state index in [1.54, 1.807) is 14.2 Å². The quantitative estimate of drug-likeness (QED) is 0.612. The Hall–Kier alpha value is -3.26. The summed E-state index contributed by atoms with van der Waals surface area (Å²) >= 11 is 0. The highest BCUT2D eigenvalue weighted by Gasteiger charge is 2.14. The van der Waals surface area contributed by atoms with E-state index >= 15 is 0 Å². The van der Waals surface area contributed by atoms with Crippen molar-refractivity contribution in [1.82, 2.24) is 9.97 Å². The van der Waals surface area contributed by atoms with Crippen molar-refractivity contribution < 1.29 is 14.2 Å². The van der Waals surface area contributed by atoms with Gasteiger partial charge in [-0.25, -0.2) is 4.98 Å². The van der Waals surface area contributed by atoms with Crippen LogP contribution in [0.25, 0.3) is 10.9 Å². The molecule has 1 aliphatic heterocycles. The largest absolute Gasteiger partial charge is 0.493 e. The zero-order valence-electron chi connectivity index (χ0n) is 17.6. The molecule has 158 valence electrons. The van der Waals surface area contributed by atoms with Gasteiger partial charge in [0, 0.05) is 42.5 Å². The standard InChI is InChI=1S/C22H27N5O3/c1-4-23-22-25-18-14-20(29-3)19(28-2)13-17(18)21(26-22)24-15-5-7-16(8-6-15)27-9-11-30-12-10-27/h5-8,13-14H,4,9-12H2,1-3H3,(H2,23,24,25,26). The van der Waals surface area contributed by atoms with Crippen molar-refractivity contribution in [1.29, 1.82) is 0 Å². The predicted molar refractivity (Wildman–Crippen MR) is 120 cm³/mol. The van der Waals surface area contributed by atoms with Gasteiger partial charge in [-0.1, -0.05) is 0 Å². The molecule has 2 heterocycles. The molecule has 1 aromatic heterocycles. The highest BCUT2D eigenvalue weighted by atomic mass is 16.5. The molecule has 2 aromatic carbocycles. The van der Waals surface area contributed by atoms with Crippen LogP contribution in [0.5, 0.6) is 11.5 Å². The zero-order chi connectivity index (χ0) is 20.9. The fraction of sp³-hybridized carbons (Fsp3) is 0.364. The molecule has 1 saturated heterocycles. The van der Waals surface area contributed by atoms with Crippen molar-refractivity contribution in [2.45, 2.75) is 6.92 Å². The fourth-order valence-electron chi connectivity index (χ4n) is 3.50. The first-order chi connectivity index (χ1) is 14.7. The molecule has 0 bridgehead atoms. The molecule has 0 radical (unpaired) electrons. The second-order valence-electron chi connectivity index (χ2n) is 6.92. The molecule has 0 atom stereocenters. The monoisotopic (exact) mass is 409 g/mol. The number of morpholine rings is 1. The van der Waals surface area contributed by atoms with Gasteiger partial charge in [-0.3, -0.25) is 0 Å². The minimum absolute atomic E-state index is 0.560. The highest BCUT2D eigenvalue weighted by molar-refractivity contribution is 5.94. The molecule has 2 N–H and O–H groups in total. The summed E-state index contributed by atoms with van der Waals surface area (Å²) < 4.78 is 16.3. The topological polar surface area (TPSA) is 80.8 Å². The molecular formula is C22H27N5O3.